The minimum Gasteiger partial charge on any atom is -0.352 e. The Balaban J connectivity index is 1.36. The molecule has 1 saturated heterocycles. The van der Waals surface area contributed by atoms with Crippen molar-refractivity contribution >= 4 is 23.2 Å². The number of nitrogens with zero attached hydrogens (tertiary/aromatic N) is 2. The summed E-state index contributed by atoms with van der Waals surface area (Å²) < 4.78 is 0. The number of rotatable bonds is 9. The summed E-state index contributed by atoms with van der Waals surface area (Å²) >= 11 is 1.44. The van der Waals surface area contributed by atoms with Gasteiger partial charge in [0.15, 0.2) is 0 Å². The van der Waals surface area contributed by atoms with Crippen molar-refractivity contribution in [2.75, 3.05) is 13.1 Å². The number of thiophene rings is 1. The van der Waals surface area contributed by atoms with Crippen molar-refractivity contribution in [3.05, 3.63) is 93.7 Å². The molecule has 7 heteroatoms. The lowest BCUT2D eigenvalue weighted by molar-refractivity contribution is -0.125. The first kappa shape index (κ1) is 27.6. The summed E-state index contributed by atoms with van der Waals surface area (Å²) in [6.07, 6.45) is 5.22. The van der Waals surface area contributed by atoms with E-state index in [9.17, 15) is 9.59 Å². The summed E-state index contributed by atoms with van der Waals surface area (Å²) in [6.45, 7) is 4.29. The molecule has 0 radical (unpaired) electrons. The summed E-state index contributed by atoms with van der Waals surface area (Å²) in [7, 11) is 0. The molecule has 2 aliphatic rings. The van der Waals surface area contributed by atoms with Crippen LogP contribution in [0, 0.1) is 6.92 Å². The minimum absolute atomic E-state index is 0.0266. The summed E-state index contributed by atoms with van der Waals surface area (Å²) in [5, 5.41) is 5.20. The van der Waals surface area contributed by atoms with Gasteiger partial charge in [0.05, 0.1) is 4.88 Å². The van der Waals surface area contributed by atoms with Crippen molar-refractivity contribution in [2.24, 2.45) is 5.73 Å². The van der Waals surface area contributed by atoms with Gasteiger partial charge in [-0.15, -0.1) is 11.3 Å². The molecule has 1 aliphatic carbocycles. The predicted octanol–water partition coefficient (Wildman–Crippen LogP) is 4.77. The van der Waals surface area contributed by atoms with Crippen LogP contribution in [0.5, 0.6) is 0 Å². The lowest BCUT2D eigenvalue weighted by atomic mass is 9.91. The first-order valence-corrected chi connectivity index (χ1v) is 15.1. The smallest absolute Gasteiger partial charge is 0.264 e. The average Bonchev–Trinajstić information content (AvgIpc) is 3.65. The third kappa shape index (κ3) is 7.15. The quantitative estimate of drug-likeness (QED) is 0.407. The summed E-state index contributed by atoms with van der Waals surface area (Å²) in [4.78, 5) is 32.3. The number of likely N-dealkylation sites (tertiary alicyclic amines) is 1. The van der Waals surface area contributed by atoms with Gasteiger partial charge in [0.1, 0.15) is 6.04 Å². The van der Waals surface area contributed by atoms with Gasteiger partial charge in [-0.1, -0.05) is 66.2 Å². The fourth-order valence-corrected chi connectivity index (χ4v) is 6.57. The Kier molecular flexibility index (Phi) is 9.12. The number of carbonyl (C=O) groups excluding carboxylic acids is 2. The lowest BCUT2D eigenvalue weighted by Gasteiger charge is -2.29. The molecule has 206 valence electrons. The molecule has 3 aromatic rings. The van der Waals surface area contributed by atoms with E-state index >= 15 is 0 Å². The van der Waals surface area contributed by atoms with Crippen LogP contribution < -0.4 is 11.1 Å². The normalized spacial score (nSPS) is 23.2. The highest BCUT2D eigenvalue weighted by molar-refractivity contribution is 7.12. The van der Waals surface area contributed by atoms with Gasteiger partial charge < -0.3 is 16.0 Å². The van der Waals surface area contributed by atoms with Gasteiger partial charge in [0.25, 0.3) is 5.91 Å². The van der Waals surface area contributed by atoms with Crippen molar-refractivity contribution in [2.45, 2.75) is 76.2 Å². The Morgan fingerprint density at radius 2 is 1.72 bits per heavy atom. The average molecular weight is 545 g/mol. The SMILES string of the molecule is Cc1ccc(CN(CCc2ccccc2)C2CC(C(=O)NC3CCC(N)CC3)N(C(=O)c3cccs3)C2)cc1. The maximum absolute atomic E-state index is 13.7. The van der Waals surface area contributed by atoms with Crippen molar-refractivity contribution in [3.63, 3.8) is 0 Å². The van der Waals surface area contributed by atoms with Crippen LogP contribution in [0.15, 0.2) is 72.1 Å². The van der Waals surface area contributed by atoms with Crippen LogP contribution in [0.4, 0.5) is 0 Å². The number of nitrogens with two attached hydrogens (primary N) is 1. The molecule has 5 rings (SSSR count). The molecule has 2 unspecified atom stereocenters. The van der Waals surface area contributed by atoms with Gasteiger partial charge in [0, 0.05) is 37.8 Å². The third-order valence-corrected chi connectivity index (χ3v) is 9.10. The molecule has 1 saturated carbocycles. The second kappa shape index (κ2) is 12.9. The van der Waals surface area contributed by atoms with Crippen molar-refractivity contribution in [3.8, 4) is 0 Å². The minimum atomic E-state index is -0.475. The summed E-state index contributed by atoms with van der Waals surface area (Å²) in [6, 6.07) is 22.9. The number of nitrogens with one attached hydrogen (secondary N) is 1. The number of hydrogen-bond donors (Lipinski definition) is 2. The first-order chi connectivity index (χ1) is 19.0. The Labute approximate surface area is 236 Å². The predicted molar refractivity (Wildman–Crippen MR) is 158 cm³/mol. The molecule has 3 N–H and O–H groups in total. The van der Waals surface area contributed by atoms with Gasteiger partial charge in [-0.25, -0.2) is 0 Å². The van der Waals surface area contributed by atoms with E-state index in [4.69, 9.17) is 5.73 Å². The van der Waals surface area contributed by atoms with Gasteiger partial charge in [-0.05, 0) is 68.0 Å². The van der Waals surface area contributed by atoms with E-state index in [1.54, 1.807) is 0 Å². The first-order valence-electron chi connectivity index (χ1n) is 14.2. The highest BCUT2D eigenvalue weighted by atomic mass is 32.1. The number of amides is 2. The zero-order valence-corrected chi connectivity index (χ0v) is 23.6. The summed E-state index contributed by atoms with van der Waals surface area (Å²) in [5.74, 6) is -0.0714. The van der Waals surface area contributed by atoms with Crippen molar-refractivity contribution in [1.29, 1.82) is 0 Å². The summed E-state index contributed by atoms with van der Waals surface area (Å²) in [5.41, 5.74) is 9.87. The zero-order valence-electron chi connectivity index (χ0n) is 22.8. The Morgan fingerprint density at radius 3 is 2.41 bits per heavy atom. The van der Waals surface area contributed by atoms with E-state index in [0.29, 0.717) is 17.8 Å². The highest BCUT2D eigenvalue weighted by Crippen LogP contribution is 2.28. The number of carbonyl (C=O) groups is 2. The molecular formula is C32H40N4O2S. The molecule has 2 fully saturated rings. The number of hydrogen-bond acceptors (Lipinski definition) is 5. The Bertz CT molecular complexity index is 1210. The van der Waals surface area contributed by atoms with E-state index in [-0.39, 0.29) is 29.9 Å². The van der Waals surface area contributed by atoms with Gasteiger partial charge in [0.2, 0.25) is 5.91 Å². The number of aryl methyl sites for hydroxylation is 1. The second-order valence-electron chi connectivity index (χ2n) is 11.2. The second-order valence-corrected chi connectivity index (χ2v) is 12.1. The van der Waals surface area contributed by atoms with E-state index < -0.39 is 6.04 Å². The Hall–Kier alpha value is -3.00. The molecule has 2 amide bonds. The van der Waals surface area contributed by atoms with Gasteiger partial charge in [-0.3, -0.25) is 14.5 Å². The standard InChI is InChI=1S/C32H40N4O2S/c1-23-9-11-25(12-10-23)21-35(18-17-24-6-3-2-4-7-24)28-20-29(31(37)34-27-15-13-26(33)14-16-27)36(22-28)32(38)30-8-5-19-39-30/h2-12,19,26-29H,13-18,20-22,33H2,1H3,(H,34,37). The molecule has 2 heterocycles. The molecule has 1 aromatic heterocycles. The topological polar surface area (TPSA) is 78.7 Å². The number of benzene rings is 2. The fraction of sp³-hybridized carbons (Fsp3) is 0.438. The fourth-order valence-electron chi connectivity index (χ4n) is 5.89. The van der Waals surface area contributed by atoms with Gasteiger partial charge >= 0.3 is 0 Å². The lowest BCUT2D eigenvalue weighted by Crippen LogP contribution is -2.50. The Morgan fingerprint density at radius 1 is 0.974 bits per heavy atom. The molecular weight excluding hydrogens is 504 g/mol. The van der Waals surface area contributed by atoms with Crippen LogP contribution in [-0.2, 0) is 17.8 Å². The van der Waals surface area contributed by atoms with E-state index in [2.05, 4.69) is 65.7 Å². The van der Waals surface area contributed by atoms with E-state index in [0.717, 1.165) is 45.2 Å². The molecule has 1 aliphatic heterocycles. The van der Waals surface area contributed by atoms with Crippen molar-refractivity contribution in [1.82, 2.24) is 15.1 Å². The highest BCUT2D eigenvalue weighted by Gasteiger charge is 2.42. The molecule has 0 bridgehead atoms. The van der Waals surface area contributed by atoms with Crippen LogP contribution in [-0.4, -0.2) is 58.9 Å². The molecule has 2 atom stereocenters. The van der Waals surface area contributed by atoms with Crippen LogP contribution in [0.25, 0.3) is 0 Å². The molecule has 2 aromatic carbocycles. The largest absolute Gasteiger partial charge is 0.352 e. The molecule has 0 spiro atoms. The van der Waals surface area contributed by atoms with E-state index in [1.807, 2.05) is 28.5 Å². The van der Waals surface area contributed by atoms with Crippen LogP contribution in [0.2, 0.25) is 0 Å². The van der Waals surface area contributed by atoms with Crippen LogP contribution in [0.1, 0.15) is 58.5 Å². The maximum atomic E-state index is 13.7. The maximum Gasteiger partial charge on any atom is 0.264 e. The monoisotopic (exact) mass is 544 g/mol. The van der Waals surface area contributed by atoms with Gasteiger partial charge in [-0.2, -0.15) is 0 Å². The third-order valence-electron chi connectivity index (χ3n) is 8.25. The van der Waals surface area contributed by atoms with E-state index in [1.165, 1.54) is 28.0 Å². The van der Waals surface area contributed by atoms with Crippen LogP contribution in [0.3, 0.4) is 0 Å². The van der Waals surface area contributed by atoms with Crippen LogP contribution >= 0.6 is 11.3 Å². The zero-order chi connectivity index (χ0) is 27.2. The molecule has 6 nitrogen and oxygen atoms in total. The van der Waals surface area contributed by atoms with Crippen molar-refractivity contribution < 1.29 is 9.59 Å². The molecule has 39 heavy (non-hydrogen) atoms.